The van der Waals surface area contributed by atoms with Crippen LogP contribution in [0.1, 0.15) is 40.0 Å². The van der Waals surface area contributed by atoms with E-state index in [-0.39, 0.29) is 0 Å². The summed E-state index contributed by atoms with van der Waals surface area (Å²) >= 11 is 1.83. The van der Waals surface area contributed by atoms with E-state index >= 15 is 0 Å². The Morgan fingerprint density at radius 1 is 1.40 bits per heavy atom. The minimum absolute atomic E-state index is 0.521. The third-order valence-corrected chi connectivity index (χ3v) is 4.23. The van der Waals surface area contributed by atoms with Crippen molar-refractivity contribution in [2.75, 3.05) is 18.1 Å². The maximum absolute atomic E-state index is 9.52. The normalized spacial score (nSPS) is 27.2. The number of hydrogen-bond donors (Lipinski definition) is 2. The molecule has 0 spiro atoms. The van der Waals surface area contributed by atoms with E-state index in [4.69, 9.17) is 0 Å². The predicted molar refractivity (Wildman–Crippen MR) is 68.4 cm³/mol. The Balaban J connectivity index is 1.93. The standard InChI is InChI=1S/C12H25NOS/c1-10-4-5-11(8-10)13-6-7-15-9-12(2,3)14/h10-11,13-14H,4-9H2,1-3H3. The molecule has 1 aliphatic rings. The van der Waals surface area contributed by atoms with Gasteiger partial charge in [-0.3, -0.25) is 0 Å². The van der Waals surface area contributed by atoms with Crippen LogP contribution in [0.25, 0.3) is 0 Å². The van der Waals surface area contributed by atoms with Gasteiger partial charge in [-0.05, 0) is 39.0 Å². The molecular weight excluding hydrogens is 206 g/mol. The first kappa shape index (κ1) is 13.3. The summed E-state index contributed by atoms with van der Waals surface area (Å²) in [6, 6.07) is 0.753. The van der Waals surface area contributed by atoms with E-state index < -0.39 is 5.60 Å². The lowest BCUT2D eigenvalue weighted by atomic mass is 10.1. The zero-order valence-electron chi connectivity index (χ0n) is 10.3. The molecule has 1 saturated carbocycles. The summed E-state index contributed by atoms with van der Waals surface area (Å²) in [6.45, 7) is 7.15. The quantitative estimate of drug-likeness (QED) is 0.688. The highest BCUT2D eigenvalue weighted by Gasteiger charge is 2.20. The van der Waals surface area contributed by atoms with Gasteiger partial charge in [-0.2, -0.15) is 11.8 Å². The molecule has 0 aromatic carbocycles. The van der Waals surface area contributed by atoms with Crippen LogP contribution >= 0.6 is 11.8 Å². The van der Waals surface area contributed by atoms with Gasteiger partial charge in [0.05, 0.1) is 5.60 Å². The zero-order valence-corrected chi connectivity index (χ0v) is 11.1. The van der Waals surface area contributed by atoms with Crippen LogP contribution in [0, 0.1) is 5.92 Å². The lowest BCUT2D eigenvalue weighted by Gasteiger charge is -2.17. The molecular formula is C12H25NOS. The van der Waals surface area contributed by atoms with Gasteiger partial charge < -0.3 is 10.4 Å². The average molecular weight is 231 g/mol. The molecule has 1 aliphatic carbocycles. The molecule has 90 valence electrons. The molecule has 0 amide bonds. The Hall–Kier alpha value is 0.270. The second kappa shape index (κ2) is 6.12. The van der Waals surface area contributed by atoms with E-state index in [1.54, 1.807) is 0 Å². The lowest BCUT2D eigenvalue weighted by molar-refractivity contribution is 0.107. The first-order valence-electron chi connectivity index (χ1n) is 6.01. The molecule has 0 heterocycles. The molecule has 2 N–H and O–H groups in total. The van der Waals surface area contributed by atoms with Crippen LogP contribution in [0.15, 0.2) is 0 Å². The van der Waals surface area contributed by atoms with Gasteiger partial charge in [0.15, 0.2) is 0 Å². The third kappa shape index (κ3) is 6.44. The summed E-state index contributed by atoms with van der Waals surface area (Å²) in [4.78, 5) is 0. The molecule has 2 atom stereocenters. The minimum atomic E-state index is -0.521. The van der Waals surface area contributed by atoms with Gasteiger partial charge in [0.25, 0.3) is 0 Å². The second-order valence-corrected chi connectivity index (χ2v) is 6.54. The molecule has 1 fully saturated rings. The van der Waals surface area contributed by atoms with E-state index in [1.807, 2.05) is 25.6 Å². The number of hydrogen-bond acceptors (Lipinski definition) is 3. The first-order chi connectivity index (χ1) is 6.97. The fourth-order valence-electron chi connectivity index (χ4n) is 2.05. The Bertz CT molecular complexity index is 179. The van der Waals surface area contributed by atoms with Gasteiger partial charge in [-0.15, -0.1) is 0 Å². The number of thioether (sulfide) groups is 1. The van der Waals surface area contributed by atoms with Crippen LogP contribution in [0.2, 0.25) is 0 Å². The molecule has 1 rings (SSSR count). The van der Waals surface area contributed by atoms with Gasteiger partial charge >= 0.3 is 0 Å². The summed E-state index contributed by atoms with van der Waals surface area (Å²) < 4.78 is 0. The van der Waals surface area contributed by atoms with Crippen molar-refractivity contribution in [2.45, 2.75) is 51.7 Å². The van der Waals surface area contributed by atoms with E-state index in [2.05, 4.69) is 12.2 Å². The highest BCUT2D eigenvalue weighted by molar-refractivity contribution is 7.99. The molecule has 3 heteroatoms. The molecule has 0 radical (unpaired) electrons. The highest BCUT2D eigenvalue weighted by atomic mass is 32.2. The van der Waals surface area contributed by atoms with Crippen molar-refractivity contribution in [3.05, 3.63) is 0 Å². The molecule has 2 nitrogen and oxygen atoms in total. The van der Waals surface area contributed by atoms with Crippen LogP contribution in [0.3, 0.4) is 0 Å². The molecule has 0 bridgehead atoms. The van der Waals surface area contributed by atoms with Crippen molar-refractivity contribution in [3.8, 4) is 0 Å². The fourth-order valence-corrected chi connectivity index (χ4v) is 2.96. The van der Waals surface area contributed by atoms with Crippen molar-refractivity contribution in [1.29, 1.82) is 0 Å². The van der Waals surface area contributed by atoms with Crippen molar-refractivity contribution in [3.63, 3.8) is 0 Å². The maximum atomic E-state index is 9.52. The largest absolute Gasteiger partial charge is 0.390 e. The maximum Gasteiger partial charge on any atom is 0.0681 e. The van der Waals surface area contributed by atoms with Gasteiger partial charge in [-0.25, -0.2) is 0 Å². The highest BCUT2D eigenvalue weighted by Crippen LogP contribution is 2.24. The van der Waals surface area contributed by atoms with Crippen molar-refractivity contribution < 1.29 is 5.11 Å². The summed E-state index contributed by atoms with van der Waals surface area (Å²) in [7, 11) is 0. The van der Waals surface area contributed by atoms with Gasteiger partial charge in [0.2, 0.25) is 0 Å². The molecule has 0 saturated heterocycles. The first-order valence-corrected chi connectivity index (χ1v) is 7.16. The van der Waals surface area contributed by atoms with Crippen LogP contribution in [-0.2, 0) is 0 Å². The summed E-state index contributed by atoms with van der Waals surface area (Å²) in [5.41, 5.74) is -0.521. The summed E-state index contributed by atoms with van der Waals surface area (Å²) in [5.74, 6) is 2.84. The van der Waals surface area contributed by atoms with Crippen LogP contribution in [0.4, 0.5) is 0 Å². The molecule has 2 unspecified atom stereocenters. The molecule has 0 aromatic heterocycles. The summed E-state index contributed by atoms with van der Waals surface area (Å²) in [6.07, 6.45) is 4.07. The smallest absolute Gasteiger partial charge is 0.0681 e. The Labute approximate surface area is 98.2 Å². The predicted octanol–water partition coefficient (Wildman–Crippen LogP) is 2.27. The number of rotatable bonds is 6. The van der Waals surface area contributed by atoms with Crippen LogP contribution < -0.4 is 5.32 Å². The third-order valence-electron chi connectivity index (χ3n) is 2.83. The van der Waals surface area contributed by atoms with E-state index in [9.17, 15) is 5.11 Å². The van der Waals surface area contributed by atoms with Gasteiger partial charge in [0.1, 0.15) is 0 Å². The fraction of sp³-hybridized carbons (Fsp3) is 1.00. The second-order valence-electron chi connectivity index (χ2n) is 5.43. The molecule has 0 aromatic rings. The van der Waals surface area contributed by atoms with E-state index in [0.717, 1.165) is 30.0 Å². The average Bonchev–Trinajstić information content (AvgIpc) is 2.49. The Kier molecular flexibility index (Phi) is 5.44. The minimum Gasteiger partial charge on any atom is -0.390 e. The lowest BCUT2D eigenvalue weighted by Crippen LogP contribution is -2.29. The van der Waals surface area contributed by atoms with Crippen LogP contribution in [0.5, 0.6) is 0 Å². The summed E-state index contributed by atoms with van der Waals surface area (Å²) in [5, 5.41) is 13.1. The van der Waals surface area contributed by atoms with Gasteiger partial charge in [0, 0.05) is 24.1 Å². The monoisotopic (exact) mass is 231 g/mol. The number of aliphatic hydroxyl groups is 1. The SMILES string of the molecule is CC1CCC(NCCSCC(C)(C)O)C1. The topological polar surface area (TPSA) is 32.3 Å². The van der Waals surface area contributed by atoms with Crippen molar-refractivity contribution in [1.82, 2.24) is 5.32 Å². The Morgan fingerprint density at radius 2 is 2.13 bits per heavy atom. The van der Waals surface area contributed by atoms with E-state index in [1.165, 1.54) is 19.3 Å². The van der Waals surface area contributed by atoms with Crippen molar-refractivity contribution in [2.24, 2.45) is 5.92 Å². The van der Waals surface area contributed by atoms with Crippen molar-refractivity contribution >= 4 is 11.8 Å². The number of nitrogens with one attached hydrogen (secondary N) is 1. The Morgan fingerprint density at radius 3 is 2.67 bits per heavy atom. The van der Waals surface area contributed by atoms with E-state index in [0.29, 0.717) is 0 Å². The van der Waals surface area contributed by atoms with Gasteiger partial charge in [-0.1, -0.05) is 6.92 Å². The van der Waals surface area contributed by atoms with Crippen LogP contribution in [-0.4, -0.2) is 34.8 Å². The zero-order chi connectivity index (χ0) is 11.3. The molecule has 15 heavy (non-hydrogen) atoms. The molecule has 0 aliphatic heterocycles.